The second kappa shape index (κ2) is 13.9. The lowest BCUT2D eigenvalue weighted by Crippen LogP contribution is -2.40. The number of sulfonamides is 1. The van der Waals surface area contributed by atoms with Crippen LogP contribution in [0.25, 0.3) is 0 Å². The number of aliphatic hydroxyl groups is 1. The third-order valence-electron chi connectivity index (χ3n) is 6.23. The zero-order valence-electron chi connectivity index (χ0n) is 19.0. The minimum Gasteiger partial charge on any atom is -0.395 e. The van der Waals surface area contributed by atoms with Crippen molar-refractivity contribution in [3.63, 3.8) is 0 Å². The Morgan fingerprint density at radius 2 is 1.68 bits per heavy atom. The van der Waals surface area contributed by atoms with Crippen LogP contribution in [0.15, 0.2) is 33.6 Å². The zero-order valence-corrected chi connectivity index (χ0v) is 21.4. The molecule has 1 aromatic carbocycles. The summed E-state index contributed by atoms with van der Waals surface area (Å²) in [6.07, 6.45) is 8.36. The van der Waals surface area contributed by atoms with Crippen molar-refractivity contribution in [2.75, 3.05) is 39.9 Å². The fourth-order valence-corrected chi connectivity index (χ4v) is 5.84. The number of ether oxygens (including phenoxy) is 1. The smallest absolute Gasteiger partial charge is 0.243 e. The van der Waals surface area contributed by atoms with Crippen molar-refractivity contribution < 1.29 is 18.3 Å². The lowest BCUT2D eigenvalue weighted by molar-refractivity contribution is 0.0156. The van der Waals surface area contributed by atoms with E-state index in [1.807, 2.05) is 0 Å². The summed E-state index contributed by atoms with van der Waals surface area (Å²) >= 11 is 3.35. The number of hydrogen-bond acceptors (Lipinski definition) is 5. The van der Waals surface area contributed by atoms with E-state index in [4.69, 9.17) is 9.84 Å². The number of hydrogen-bond donors (Lipinski definition) is 1. The van der Waals surface area contributed by atoms with E-state index in [0.29, 0.717) is 4.90 Å². The largest absolute Gasteiger partial charge is 0.395 e. The van der Waals surface area contributed by atoms with Crippen molar-refractivity contribution >= 4 is 26.0 Å². The quantitative estimate of drug-likeness (QED) is 0.372. The predicted molar refractivity (Wildman–Crippen MR) is 129 cm³/mol. The van der Waals surface area contributed by atoms with Gasteiger partial charge in [-0.2, -0.15) is 4.31 Å². The predicted octanol–water partition coefficient (Wildman–Crippen LogP) is 4.27. The molecule has 8 heteroatoms. The van der Waals surface area contributed by atoms with Gasteiger partial charge in [0.25, 0.3) is 0 Å². The summed E-state index contributed by atoms with van der Waals surface area (Å²) in [6.45, 7) is 5.96. The van der Waals surface area contributed by atoms with E-state index >= 15 is 0 Å². The molecule has 31 heavy (non-hydrogen) atoms. The molecule has 1 fully saturated rings. The minimum atomic E-state index is -3.46. The van der Waals surface area contributed by atoms with Crippen LogP contribution in [0.2, 0.25) is 0 Å². The molecule has 6 nitrogen and oxygen atoms in total. The van der Waals surface area contributed by atoms with Crippen LogP contribution < -0.4 is 0 Å². The SMILES string of the molecule is CCN(CCO)CCCCCCOC1CCC(N(C)S(=O)(=O)c2ccc(Br)cc2)CC1. The Morgan fingerprint density at radius 1 is 1.03 bits per heavy atom. The molecule has 178 valence electrons. The normalized spacial score (nSPS) is 19.9. The van der Waals surface area contributed by atoms with Crippen LogP contribution in [-0.2, 0) is 14.8 Å². The minimum absolute atomic E-state index is 0.0360. The molecule has 0 amide bonds. The molecule has 0 spiro atoms. The third kappa shape index (κ3) is 8.74. The molecule has 0 radical (unpaired) electrons. The molecule has 0 aliphatic heterocycles. The van der Waals surface area contributed by atoms with Gasteiger partial charge in [-0.1, -0.05) is 35.7 Å². The van der Waals surface area contributed by atoms with Gasteiger partial charge in [-0.15, -0.1) is 0 Å². The number of halogens is 1. The fraction of sp³-hybridized carbons (Fsp3) is 0.739. The van der Waals surface area contributed by atoms with Gasteiger partial charge in [-0.25, -0.2) is 8.42 Å². The van der Waals surface area contributed by atoms with Gasteiger partial charge in [0.2, 0.25) is 10.0 Å². The Hall–Kier alpha value is -0.510. The van der Waals surface area contributed by atoms with Crippen molar-refractivity contribution in [2.24, 2.45) is 0 Å². The van der Waals surface area contributed by atoms with Gasteiger partial charge in [0.1, 0.15) is 0 Å². The van der Waals surface area contributed by atoms with Crippen molar-refractivity contribution in [3.8, 4) is 0 Å². The second-order valence-corrected chi connectivity index (χ2v) is 11.3. The van der Waals surface area contributed by atoms with Gasteiger partial charge in [0.15, 0.2) is 0 Å². The Labute approximate surface area is 197 Å². The molecular formula is C23H39BrN2O4S. The standard InChI is InChI=1S/C23H39BrN2O4S/c1-3-26(17-18-27)16-6-4-5-7-19-30-22-12-10-21(11-13-22)25(2)31(28,29)23-14-8-20(24)9-15-23/h8-9,14-15,21-22,27H,3-7,10-13,16-19H2,1-2H3. The molecular weight excluding hydrogens is 480 g/mol. The summed E-state index contributed by atoms with van der Waals surface area (Å²) in [5.74, 6) is 0. The molecule has 0 atom stereocenters. The van der Waals surface area contributed by atoms with Crippen LogP contribution in [0.3, 0.4) is 0 Å². The molecule has 1 aromatic rings. The molecule has 0 aromatic heterocycles. The number of nitrogens with zero attached hydrogens (tertiary/aromatic N) is 2. The molecule has 0 saturated heterocycles. The first-order valence-electron chi connectivity index (χ1n) is 11.6. The Balaban J connectivity index is 1.62. The number of unbranched alkanes of at least 4 members (excludes halogenated alkanes) is 3. The molecule has 1 N–H and O–H groups in total. The van der Waals surface area contributed by atoms with E-state index in [1.165, 1.54) is 12.8 Å². The maximum absolute atomic E-state index is 12.9. The van der Waals surface area contributed by atoms with Gasteiger partial charge in [-0.05, 0) is 75.9 Å². The number of aliphatic hydroxyl groups excluding tert-OH is 1. The average molecular weight is 520 g/mol. The van der Waals surface area contributed by atoms with Gasteiger partial charge >= 0.3 is 0 Å². The molecule has 0 heterocycles. The maximum Gasteiger partial charge on any atom is 0.243 e. The van der Waals surface area contributed by atoms with Crippen LogP contribution in [0.1, 0.15) is 58.3 Å². The first-order chi connectivity index (χ1) is 14.9. The Bertz CT molecular complexity index is 722. The van der Waals surface area contributed by atoms with Crippen LogP contribution in [0.4, 0.5) is 0 Å². The van der Waals surface area contributed by atoms with Crippen molar-refractivity contribution in [2.45, 2.75) is 75.3 Å². The average Bonchev–Trinajstić information content (AvgIpc) is 2.78. The zero-order chi connectivity index (χ0) is 22.7. The summed E-state index contributed by atoms with van der Waals surface area (Å²) in [7, 11) is -1.76. The van der Waals surface area contributed by atoms with E-state index < -0.39 is 10.0 Å². The topological polar surface area (TPSA) is 70.1 Å². The monoisotopic (exact) mass is 518 g/mol. The van der Waals surface area contributed by atoms with E-state index in [0.717, 1.165) is 69.2 Å². The van der Waals surface area contributed by atoms with Gasteiger partial charge in [-0.3, -0.25) is 0 Å². The lowest BCUT2D eigenvalue weighted by atomic mass is 9.93. The highest BCUT2D eigenvalue weighted by Gasteiger charge is 2.31. The first kappa shape index (κ1) is 26.7. The molecule has 0 bridgehead atoms. The Morgan fingerprint density at radius 3 is 2.29 bits per heavy atom. The van der Waals surface area contributed by atoms with E-state index in [1.54, 1.807) is 35.6 Å². The van der Waals surface area contributed by atoms with E-state index in [2.05, 4.69) is 27.8 Å². The Kier molecular flexibility index (Phi) is 12.0. The third-order valence-corrected chi connectivity index (χ3v) is 8.69. The highest BCUT2D eigenvalue weighted by atomic mass is 79.9. The summed E-state index contributed by atoms with van der Waals surface area (Å²) in [4.78, 5) is 2.62. The molecule has 2 rings (SSSR count). The number of benzene rings is 1. The fourth-order valence-electron chi connectivity index (χ4n) is 4.16. The highest BCUT2D eigenvalue weighted by molar-refractivity contribution is 9.10. The van der Waals surface area contributed by atoms with Crippen molar-refractivity contribution in [3.05, 3.63) is 28.7 Å². The van der Waals surface area contributed by atoms with Gasteiger partial charge in [0.05, 0.1) is 17.6 Å². The van der Waals surface area contributed by atoms with Gasteiger partial charge < -0.3 is 14.7 Å². The molecule has 0 unspecified atom stereocenters. The van der Waals surface area contributed by atoms with Crippen molar-refractivity contribution in [1.29, 1.82) is 0 Å². The summed E-state index contributed by atoms with van der Waals surface area (Å²) in [6, 6.07) is 6.86. The summed E-state index contributed by atoms with van der Waals surface area (Å²) in [5, 5.41) is 9.02. The van der Waals surface area contributed by atoms with Crippen LogP contribution in [0, 0.1) is 0 Å². The van der Waals surface area contributed by atoms with E-state index in [9.17, 15) is 8.42 Å². The lowest BCUT2D eigenvalue weighted by Gasteiger charge is -2.34. The summed E-state index contributed by atoms with van der Waals surface area (Å²) in [5.41, 5.74) is 0. The molecule has 1 saturated carbocycles. The second-order valence-electron chi connectivity index (χ2n) is 8.35. The first-order valence-corrected chi connectivity index (χ1v) is 13.8. The molecule has 1 aliphatic carbocycles. The van der Waals surface area contributed by atoms with Crippen LogP contribution >= 0.6 is 15.9 Å². The summed E-state index contributed by atoms with van der Waals surface area (Å²) < 4.78 is 34.2. The highest BCUT2D eigenvalue weighted by Crippen LogP contribution is 2.28. The van der Waals surface area contributed by atoms with Crippen molar-refractivity contribution in [1.82, 2.24) is 9.21 Å². The van der Waals surface area contributed by atoms with Gasteiger partial charge in [0, 0.05) is 30.7 Å². The number of rotatable bonds is 14. The maximum atomic E-state index is 12.9. The molecule has 1 aliphatic rings. The van der Waals surface area contributed by atoms with Crippen LogP contribution in [-0.4, -0.2) is 74.8 Å². The number of likely N-dealkylation sites (N-methyl/N-ethyl adjacent to an activating group) is 1. The van der Waals surface area contributed by atoms with E-state index in [-0.39, 0.29) is 18.8 Å². The van der Waals surface area contributed by atoms with Crippen LogP contribution in [0.5, 0.6) is 0 Å².